The monoisotopic (exact) mass is 674 g/mol. The van der Waals surface area contributed by atoms with Gasteiger partial charge < -0.3 is 0 Å². The Hall–Kier alpha value is -3.48. The number of hydrogen-bond acceptors (Lipinski definition) is 4. The average Bonchev–Trinajstić information content (AvgIpc) is 3.13. The molecule has 0 aromatic heterocycles. The van der Waals surface area contributed by atoms with Gasteiger partial charge >= 0.3 is 0 Å². The SMILES string of the molecule is Clc1ccc(C(c2ccccc2)N2CCN(Cc3cccc(CN4CCN(C(c5ccccc5)c5ccc(Cl)cc5)CC4)c3)CC2)cc1. The van der Waals surface area contributed by atoms with Gasteiger partial charge in [-0.2, -0.15) is 0 Å². The summed E-state index contributed by atoms with van der Waals surface area (Å²) in [7, 11) is 0. The van der Waals surface area contributed by atoms with Gasteiger partial charge in [0.05, 0.1) is 12.1 Å². The summed E-state index contributed by atoms with van der Waals surface area (Å²) in [6, 6.07) is 48.3. The topological polar surface area (TPSA) is 13.0 Å². The van der Waals surface area contributed by atoms with Crippen molar-refractivity contribution in [2.75, 3.05) is 52.4 Å². The van der Waals surface area contributed by atoms with E-state index in [0.717, 1.165) is 75.5 Å². The summed E-state index contributed by atoms with van der Waals surface area (Å²) in [5.74, 6) is 0. The van der Waals surface area contributed by atoms with Crippen LogP contribution in [0.3, 0.4) is 0 Å². The summed E-state index contributed by atoms with van der Waals surface area (Å²) in [5.41, 5.74) is 8.08. The standard InChI is InChI=1S/C42H44Cl2N4/c43-39-18-14-37(15-19-39)41(35-10-3-1-4-11-35)47-26-22-45(23-27-47)31-33-8-7-9-34(30-33)32-46-24-28-48(29-25-46)42(36-12-5-2-6-13-36)38-16-20-40(44)21-17-38/h1-21,30,41-42H,22-29,31-32H2. The smallest absolute Gasteiger partial charge is 0.0602 e. The zero-order chi connectivity index (χ0) is 32.7. The van der Waals surface area contributed by atoms with Crippen molar-refractivity contribution in [1.82, 2.24) is 19.6 Å². The van der Waals surface area contributed by atoms with Crippen LogP contribution in [0.15, 0.2) is 133 Å². The lowest BCUT2D eigenvalue weighted by atomic mass is 9.96. The first-order chi connectivity index (χ1) is 23.6. The maximum atomic E-state index is 6.24. The molecule has 0 radical (unpaired) electrons. The molecule has 0 saturated carbocycles. The van der Waals surface area contributed by atoms with Crippen molar-refractivity contribution in [3.63, 3.8) is 0 Å². The average molecular weight is 676 g/mol. The number of nitrogens with zero attached hydrogens (tertiary/aromatic N) is 4. The van der Waals surface area contributed by atoms with E-state index in [1.807, 2.05) is 24.3 Å². The lowest BCUT2D eigenvalue weighted by molar-refractivity contribution is 0.103. The van der Waals surface area contributed by atoms with E-state index >= 15 is 0 Å². The highest BCUT2D eigenvalue weighted by Crippen LogP contribution is 2.32. The van der Waals surface area contributed by atoms with Crippen molar-refractivity contribution in [3.8, 4) is 0 Å². The molecule has 5 aromatic rings. The quantitative estimate of drug-likeness (QED) is 0.147. The zero-order valence-corrected chi connectivity index (χ0v) is 29.0. The molecule has 4 nitrogen and oxygen atoms in total. The molecule has 0 aliphatic carbocycles. The molecule has 48 heavy (non-hydrogen) atoms. The van der Waals surface area contributed by atoms with Gasteiger partial charge in [-0.05, 0) is 57.6 Å². The second-order valence-electron chi connectivity index (χ2n) is 13.2. The fraction of sp³-hybridized carbons (Fsp3) is 0.286. The summed E-state index contributed by atoms with van der Waals surface area (Å²) >= 11 is 12.5. The van der Waals surface area contributed by atoms with Gasteiger partial charge in [-0.3, -0.25) is 19.6 Å². The van der Waals surface area contributed by atoms with E-state index in [1.165, 1.54) is 33.4 Å². The minimum Gasteiger partial charge on any atom is -0.297 e. The van der Waals surface area contributed by atoms with E-state index in [1.54, 1.807) is 0 Å². The molecule has 5 aromatic carbocycles. The maximum Gasteiger partial charge on any atom is 0.0602 e. The Balaban J connectivity index is 0.946. The van der Waals surface area contributed by atoms with E-state index < -0.39 is 0 Å². The fourth-order valence-corrected chi connectivity index (χ4v) is 7.74. The molecule has 0 bridgehead atoms. The molecule has 2 heterocycles. The second-order valence-corrected chi connectivity index (χ2v) is 14.0. The van der Waals surface area contributed by atoms with Crippen LogP contribution in [0, 0.1) is 0 Å². The second kappa shape index (κ2) is 15.8. The van der Waals surface area contributed by atoms with E-state index in [2.05, 4.69) is 129 Å². The van der Waals surface area contributed by atoms with Crippen molar-refractivity contribution < 1.29 is 0 Å². The van der Waals surface area contributed by atoms with E-state index in [9.17, 15) is 0 Å². The Bertz CT molecular complexity index is 1590. The van der Waals surface area contributed by atoms with Crippen LogP contribution in [-0.4, -0.2) is 72.0 Å². The first kappa shape index (κ1) is 33.0. The minimum absolute atomic E-state index is 0.239. The van der Waals surface area contributed by atoms with Crippen LogP contribution in [0.25, 0.3) is 0 Å². The van der Waals surface area contributed by atoms with Crippen LogP contribution in [0.1, 0.15) is 45.5 Å². The Morgan fingerprint density at radius 2 is 0.750 bits per heavy atom. The molecule has 7 rings (SSSR count). The Kier molecular flexibility index (Phi) is 10.9. The van der Waals surface area contributed by atoms with Crippen molar-refractivity contribution in [3.05, 3.63) is 177 Å². The molecular weight excluding hydrogens is 631 g/mol. The van der Waals surface area contributed by atoms with Gasteiger partial charge in [-0.15, -0.1) is 0 Å². The number of halogens is 2. The predicted octanol–water partition coefficient (Wildman–Crippen LogP) is 8.81. The number of piperazine rings is 2. The third kappa shape index (κ3) is 8.20. The van der Waals surface area contributed by atoms with Gasteiger partial charge in [-0.1, -0.05) is 132 Å². The van der Waals surface area contributed by atoms with E-state index in [-0.39, 0.29) is 12.1 Å². The zero-order valence-electron chi connectivity index (χ0n) is 27.5. The van der Waals surface area contributed by atoms with Crippen molar-refractivity contribution in [2.45, 2.75) is 25.2 Å². The summed E-state index contributed by atoms with van der Waals surface area (Å²) in [6.07, 6.45) is 0. The van der Waals surface area contributed by atoms with Gasteiger partial charge in [0.2, 0.25) is 0 Å². The molecule has 0 N–H and O–H groups in total. The summed E-state index contributed by atoms with van der Waals surface area (Å²) in [5, 5.41) is 1.57. The van der Waals surface area contributed by atoms with E-state index in [4.69, 9.17) is 23.2 Å². The van der Waals surface area contributed by atoms with Crippen LogP contribution in [0.2, 0.25) is 10.0 Å². The summed E-state index contributed by atoms with van der Waals surface area (Å²) in [4.78, 5) is 10.5. The molecule has 2 aliphatic rings. The van der Waals surface area contributed by atoms with Crippen LogP contribution in [0.5, 0.6) is 0 Å². The van der Waals surface area contributed by atoms with Gasteiger partial charge in [0.1, 0.15) is 0 Å². The van der Waals surface area contributed by atoms with Crippen LogP contribution in [-0.2, 0) is 13.1 Å². The lowest BCUT2D eigenvalue weighted by Crippen LogP contribution is -2.47. The Labute approximate surface area is 296 Å². The summed E-state index contributed by atoms with van der Waals surface area (Å²) in [6.45, 7) is 10.3. The first-order valence-corrected chi connectivity index (χ1v) is 18.0. The van der Waals surface area contributed by atoms with Crippen molar-refractivity contribution in [1.29, 1.82) is 0 Å². The number of hydrogen-bond donors (Lipinski definition) is 0. The molecular formula is C42H44Cl2N4. The molecule has 2 atom stereocenters. The largest absolute Gasteiger partial charge is 0.297 e. The molecule has 0 amide bonds. The molecule has 2 aliphatic heterocycles. The third-order valence-electron chi connectivity index (χ3n) is 9.95. The maximum absolute atomic E-state index is 6.24. The highest BCUT2D eigenvalue weighted by atomic mass is 35.5. The van der Waals surface area contributed by atoms with Crippen LogP contribution in [0.4, 0.5) is 0 Å². The third-order valence-corrected chi connectivity index (χ3v) is 10.5. The van der Waals surface area contributed by atoms with Crippen molar-refractivity contribution >= 4 is 23.2 Å². The predicted molar refractivity (Wildman–Crippen MR) is 200 cm³/mol. The van der Waals surface area contributed by atoms with Crippen molar-refractivity contribution in [2.24, 2.45) is 0 Å². The number of rotatable bonds is 10. The lowest BCUT2D eigenvalue weighted by Gasteiger charge is -2.40. The highest BCUT2D eigenvalue weighted by Gasteiger charge is 2.28. The van der Waals surface area contributed by atoms with E-state index in [0.29, 0.717) is 0 Å². The summed E-state index contributed by atoms with van der Waals surface area (Å²) < 4.78 is 0. The van der Waals surface area contributed by atoms with Crippen LogP contribution < -0.4 is 0 Å². The Morgan fingerprint density at radius 3 is 1.12 bits per heavy atom. The molecule has 0 spiro atoms. The van der Waals surface area contributed by atoms with Crippen LogP contribution >= 0.6 is 23.2 Å². The number of benzene rings is 5. The molecule has 2 saturated heterocycles. The minimum atomic E-state index is 0.239. The molecule has 6 heteroatoms. The molecule has 246 valence electrons. The van der Waals surface area contributed by atoms with Gasteiger partial charge in [0, 0.05) is 75.5 Å². The van der Waals surface area contributed by atoms with Gasteiger partial charge in [0.15, 0.2) is 0 Å². The van der Waals surface area contributed by atoms with Gasteiger partial charge in [-0.25, -0.2) is 0 Å². The van der Waals surface area contributed by atoms with Gasteiger partial charge in [0.25, 0.3) is 0 Å². The molecule has 2 fully saturated rings. The Morgan fingerprint density at radius 1 is 0.396 bits per heavy atom. The highest BCUT2D eigenvalue weighted by molar-refractivity contribution is 6.30. The molecule has 2 unspecified atom stereocenters. The fourth-order valence-electron chi connectivity index (χ4n) is 7.49. The first-order valence-electron chi connectivity index (χ1n) is 17.2. The normalized spacial score (nSPS) is 18.0.